The summed E-state index contributed by atoms with van der Waals surface area (Å²) < 4.78 is 4.74. The number of nitrogens with zero attached hydrogens (tertiary/aromatic N) is 4. The molecule has 2 atom stereocenters. The van der Waals surface area contributed by atoms with E-state index in [2.05, 4.69) is 27.0 Å². The van der Waals surface area contributed by atoms with Gasteiger partial charge in [-0.1, -0.05) is 5.16 Å². The van der Waals surface area contributed by atoms with E-state index in [0.717, 1.165) is 24.2 Å². The van der Waals surface area contributed by atoms with Crippen LogP contribution in [0, 0.1) is 11.8 Å². The van der Waals surface area contributed by atoms with Crippen molar-refractivity contribution in [3.63, 3.8) is 0 Å². The Bertz CT molecular complexity index is 312. The van der Waals surface area contributed by atoms with Crippen molar-refractivity contribution < 1.29 is 4.52 Å². The van der Waals surface area contributed by atoms with Gasteiger partial charge in [-0.3, -0.25) is 4.90 Å². The molecule has 0 bridgehead atoms. The van der Waals surface area contributed by atoms with Crippen molar-refractivity contribution in [2.75, 3.05) is 33.2 Å². The Morgan fingerprint density at radius 3 is 2.67 bits per heavy atom. The summed E-state index contributed by atoms with van der Waals surface area (Å²) in [6.45, 7) is 5.70. The first-order valence-corrected chi connectivity index (χ1v) is 5.47. The lowest BCUT2D eigenvalue weighted by Crippen LogP contribution is -2.26. The molecule has 3 rings (SSSR count). The lowest BCUT2D eigenvalue weighted by atomic mass is 10.0. The molecule has 2 aliphatic heterocycles. The van der Waals surface area contributed by atoms with Gasteiger partial charge in [0.2, 0.25) is 6.39 Å². The Balaban J connectivity index is 1.59. The van der Waals surface area contributed by atoms with E-state index in [9.17, 15) is 0 Å². The third-order valence-electron chi connectivity index (χ3n) is 3.52. The maximum absolute atomic E-state index is 4.74. The number of aromatic nitrogens is 2. The van der Waals surface area contributed by atoms with Crippen molar-refractivity contribution in [3.8, 4) is 0 Å². The number of likely N-dealkylation sites (tertiary alicyclic amines) is 2. The summed E-state index contributed by atoms with van der Waals surface area (Å²) in [6, 6.07) is 0. The minimum atomic E-state index is 0.809. The third-order valence-corrected chi connectivity index (χ3v) is 3.52. The highest BCUT2D eigenvalue weighted by Crippen LogP contribution is 2.30. The average molecular weight is 208 g/mol. The van der Waals surface area contributed by atoms with Crippen molar-refractivity contribution in [3.05, 3.63) is 12.2 Å². The fourth-order valence-corrected chi connectivity index (χ4v) is 2.92. The summed E-state index contributed by atoms with van der Waals surface area (Å²) in [5.74, 6) is 2.51. The zero-order valence-electron chi connectivity index (χ0n) is 8.96. The van der Waals surface area contributed by atoms with E-state index in [4.69, 9.17) is 4.52 Å². The molecule has 2 fully saturated rings. The van der Waals surface area contributed by atoms with Gasteiger partial charge in [-0.05, 0) is 18.9 Å². The van der Waals surface area contributed by atoms with Crippen LogP contribution >= 0.6 is 0 Å². The van der Waals surface area contributed by atoms with E-state index in [-0.39, 0.29) is 0 Å². The molecule has 1 aromatic heterocycles. The molecule has 5 nitrogen and oxygen atoms in total. The van der Waals surface area contributed by atoms with Crippen LogP contribution in [0.4, 0.5) is 0 Å². The SMILES string of the molecule is CN1CC2CN(Cc3ncon3)CC2C1. The summed E-state index contributed by atoms with van der Waals surface area (Å²) in [6.07, 6.45) is 1.40. The molecule has 82 valence electrons. The maximum Gasteiger partial charge on any atom is 0.213 e. The van der Waals surface area contributed by atoms with Gasteiger partial charge in [0.05, 0.1) is 6.54 Å². The van der Waals surface area contributed by atoms with Crippen LogP contribution in [0.15, 0.2) is 10.9 Å². The van der Waals surface area contributed by atoms with Crippen molar-refractivity contribution >= 4 is 0 Å². The van der Waals surface area contributed by atoms with Crippen LogP contribution in [0.1, 0.15) is 5.82 Å². The minimum absolute atomic E-state index is 0.809. The number of hydrogen-bond acceptors (Lipinski definition) is 5. The van der Waals surface area contributed by atoms with Crippen LogP contribution in [-0.4, -0.2) is 53.2 Å². The smallest absolute Gasteiger partial charge is 0.213 e. The Labute approximate surface area is 89.0 Å². The molecule has 0 amide bonds. The number of rotatable bonds is 2. The maximum atomic E-state index is 4.74. The van der Waals surface area contributed by atoms with Crippen LogP contribution in [-0.2, 0) is 6.54 Å². The number of fused-ring (bicyclic) bond motifs is 1. The van der Waals surface area contributed by atoms with Crippen molar-refractivity contribution in [1.29, 1.82) is 0 Å². The van der Waals surface area contributed by atoms with Crippen LogP contribution in [0.2, 0.25) is 0 Å². The molecule has 0 aromatic carbocycles. The summed E-state index contributed by atoms with van der Waals surface area (Å²) in [5.41, 5.74) is 0. The largest absolute Gasteiger partial charge is 0.343 e. The average Bonchev–Trinajstić information content (AvgIpc) is 2.81. The Morgan fingerprint density at radius 1 is 1.33 bits per heavy atom. The lowest BCUT2D eigenvalue weighted by molar-refractivity contribution is 0.263. The Hall–Kier alpha value is -0.940. The summed E-state index contributed by atoms with van der Waals surface area (Å²) in [5, 5.41) is 3.85. The molecular formula is C10H16N4O. The van der Waals surface area contributed by atoms with E-state index in [1.54, 1.807) is 0 Å². The van der Waals surface area contributed by atoms with Crippen molar-refractivity contribution in [2.24, 2.45) is 11.8 Å². The van der Waals surface area contributed by atoms with Gasteiger partial charge < -0.3 is 9.42 Å². The molecule has 2 saturated heterocycles. The monoisotopic (exact) mass is 208 g/mol. The predicted molar refractivity (Wildman–Crippen MR) is 54.1 cm³/mol. The fourth-order valence-electron chi connectivity index (χ4n) is 2.92. The van der Waals surface area contributed by atoms with E-state index in [1.807, 2.05) is 0 Å². The first-order valence-electron chi connectivity index (χ1n) is 5.47. The molecule has 2 unspecified atom stereocenters. The Kier molecular flexibility index (Phi) is 2.21. The second kappa shape index (κ2) is 3.57. The normalized spacial score (nSPS) is 32.3. The lowest BCUT2D eigenvalue weighted by Gasteiger charge is -2.16. The van der Waals surface area contributed by atoms with Gasteiger partial charge in [-0.25, -0.2) is 0 Å². The Morgan fingerprint density at radius 2 is 2.07 bits per heavy atom. The molecule has 0 saturated carbocycles. The zero-order chi connectivity index (χ0) is 10.3. The van der Waals surface area contributed by atoms with Crippen molar-refractivity contribution in [2.45, 2.75) is 6.54 Å². The second-order valence-electron chi connectivity index (χ2n) is 4.78. The van der Waals surface area contributed by atoms with Gasteiger partial charge in [0.15, 0.2) is 5.82 Å². The van der Waals surface area contributed by atoms with E-state index < -0.39 is 0 Å². The van der Waals surface area contributed by atoms with Gasteiger partial charge in [0.1, 0.15) is 0 Å². The quantitative estimate of drug-likeness (QED) is 0.688. The van der Waals surface area contributed by atoms with Crippen molar-refractivity contribution in [1.82, 2.24) is 19.9 Å². The molecule has 15 heavy (non-hydrogen) atoms. The van der Waals surface area contributed by atoms with Gasteiger partial charge in [-0.15, -0.1) is 0 Å². The molecule has 0 aliphatic carbocycles. The van der Waals surface area contributed by atoms with Crippen LogP contribution < -0.4 is 0 Å². The van der Waals surface area contributed by atoms with Gasteiger partial charge in [0.25, 0.3) is 0 Å². The molecule has 1 aromatic rings. The minimum Gasteiger partial charge on any atom is -0.343 e. The predicted octanol–water partition coefficient (Wildman–Crippen LogP) is 0.0630. The highest BCUT2D eigenvalue weighted by Gasteiger charge is 2.38. The van der Waals surface area contributed by atoms with Crippen LogP contribution in [0.3, 0.4) is 0 Å². The van der Waals surface area contributed by atoms with Gasteiger partial charge in [0, 0.05) is 26.2 Å². The highest BCUT2D eigenvalue weighted by molar-refractivity contribution is 4.93. The topological polar surface area (TPSA) is 45.4 Å². The molecule has 0 N–H and O–H groups in total. The number of hydrogen-bond donors (Lipinski definition) is 0. The first kappa shape index (κ1) is 9.30. The van der Waals surface area contributed by atoms with Crippen LogP contribution in [0.25, 0.3) is 0 Å². The molecule has 2 aliphatic rings. The summed E-state index contributed by atoms with van der Waals surface area (Å²) in [7, 11) is 2.21. The summed E-state index contributed by atoms with van der Waals surface area (Å²) >= 11 is 0. The van der Waals surface area contributed by atoms with Gasteiger partial charge >= 0.3 is 0 Å². The standard InChI is InChI=1S/C10H16N4O/c1-13-2-8-4-14(5-9(8)3-13)6-10-11-7-15-12-10/h7-9H,2-6H2,1H3. The third kappa shape index (κ3) is 1.77. The summed E-state index contributed by atoms with van der Waals surface area (Å²) in [4.78, 5) is 8.93. The molecular weight excluding hydrogens is 192 g/mol. The molecule has 0 spiro atoms. The van der Waals surface area contributed by atoms with E-state index in [1.165, 1.54) is 32.6 Å². The second-order valence-corrected chi connectivity index (χ2v) is 4.78. The molecule has 0 radical (unpaired) electrons. The van der Waals surface area contributed by atoms with E-state index >= 15 is 0 Å². The fraction of sp³-hybridized carbons (Fsp3) is 0.800. The highest BCUT2D eigenvalue weighted by atomic mass is 16.5. The van der Waals surface area contributed by atoms with Crippen LogP contribution in [0.5, 0.6) is 0 Å². The first-order chi connectivity index (χ1) is 7.31. The van der Waals surface area contributed by atoms with Gasteiger partial charge in [-0.2, -0.15) is 4.98 Å². The molecule has 5 heteroatoms. The molecule has 3 heterocycles. The van der Waals surface area contributed by atoms with E-state index in [0.29, 0.717) is 0 Å². The zero-order valence-corrected chi connectivity index (χ0v) is 8.96.